The van der Waals surface area contributed by atoms with Crippen LogP contribution in [0.4, 0.5) is 5.82 Å². The van der Waals surface area contributed by atoms with Gasteiger partial charge in [0, 0.05) is 4.47 Å². The number of carbonyl (C=O) groups is 1. The van der Waals surface area contributed by atoms with E-state index in [4.69, 9.17) is 16.3 Å². The average Bonchev–Trinajstić information content (AvgIpc) is 2.42. The number of rotatable bonds is 3. The molecule has 0 saturated heterocycles. The molecule has 0 aliphatic rings. The second-order valence-electron chi connectivity index (χ2n) is 3.54. The van der Waals surface area contributed by atoms with Gasteiger partial charge in [0.1, 0.15) is 5.75 Å². The molecule has 0 unspecified atom stereocenters. The quantitative estimate of drug-likeness (QED) is 0.930. The summed E-state index contributed by atoms with van der Waals surface area (Å²) in [5.74, 6) is 0.599. The molecule has 2 rings (SSSR count). The smallest absolute Gasteiger partial charge is 0.258 e. The van der Waals surface area contributed by atoms with Gasteiger partial charge in [0.25, 0.3) is 5.91 Å². The standard InChI is InChI=1S/C12H9BrClN3O2/c1-19-7-2-3-9(13)8(6-7)12(18)15-11-5-4-10(14)16-17-11/h2-6H,1H3,(H,15,17,18). The van der Waals surface area contributed by atoms with E-state index in [1.165, 1.54) is 7.11 Å². The summed E-state index contributed by atoms with van der Waals surface area (Å²) in [7, 11) is 1.54. The van der Waals surface area contributed by atoms with Crippen LogP contribution in [-0.2, 0) is 0 Å². The maximum absolute atomic E-state index is 12.1. The zero-order chi connectivity index (χ0) is 13.8. The molecule has 0 aliphatic heterocycles. The van der Waals surface area contributed by atoms with Crippen LogP contribution in [-0.4, -0.2) is 23.2 Å². The SMILES string of the molecule is COc1ccc(Br)c(C(=O)Nc2ccc(Cl)nn2)c1. The fourth-order valence-electron chi connectivity index (χ4n) is 1.37. The zero-order valence-corrected chi connectivity index (χ0v) is 12.2. The number of ether oxygens (including phenoxy) is 1. The topological polar surface area (TPSA) is 64.1 Å². The lowest BCUT2D eigenvalue weighted by Gasteiger charge is -2.07. The Morgan fingerprint density at radius 1 is 1.32 bits per heavy atom. The van der Waals surface area contributed by atoms with Crippen molar-refractivity contribution >= 4 is 39.3 Å². The van der Waals surface area contributed by atoms with Gasteiger partial charge in [-0.15, -0.1) is 10.2 Å². The van der Waals surface area contributed by atoms with E-state index >= 15 is 0 Å². The number of nitrogens with zero attached hydrogens (tertiary/aromatic N) is 2. The highest BCUT2D eigenvalue weighted by molar-refractivity contribution is 9.10. The maximum Gasteiger partial charge on any atom is 0.258 e. The van der Waals surface area contributed by atoms with Crippen LogP contribution in [0, 0.1) is 0 Å². The maximum atomic E-state index is 12.1. The van der Waals surface area contributed by atoms with Crippen LogP contribution in [0.5, 0.6) is 5.75 Å². The fourth-order valence-corrected chi connectivity index (χ4v) is 1.90. The van der Waals surface area contributed by atoms with Crippen LogP contribution in [0.3, 0.4) is 0 Å². The van der Waals surface area contributed by atoms with Gasteiger partial charge in [0.2, 0.25) is 0 Å². The molecule has 1 heterocycles. The summed E-state index contributed by atoms with van der Waals surface area (Å²) in [4.78, 5) is 12.1. The van der Waals surface area contributed by atoms with Crippen molar-refractivity contribution in [1.29, 1.82) is 0 Å². The van der Waals surface area contributed by atoms with E-state index in [1.54, 1.807) is 30.3 Å². The summed E-state index contributed by atoms with van der Waals surface area (Å²) in [6.07, 6.45) is 0. The van der Waals surface area contributed by atoms with Crippen molar-refractivity contribution in [2.24, 2.45) is 0 Å². The van der Waals surface area contributed by atoms with Crippen LogP contribution in [0.1, 0.15) is 10.4 Å². The summed E-state index contributed by atoms with van der Waals surface area (Å²) in [6.45, 7) is 0. The highest BCUT2D eigenvalue weighted by atomic mass is 79.9. The van der Waals surface area contributed by atoms with Gasteiger partial charge in [0.15, 0.2) is 11.0 Å². The second-order valence-corrected chi connectivity index (χ2v) is 4.78. The minimum Gasteiger partial charge on any atom is -0.497 e. The van der Waals surface area contributed by atoms with E-state index in [2.05, 4.69) is 31.4 Å². The van der Waals surface area contributed by atoms with Gasteiger partial charge in [-0.25, -0.2) is 0 Å². The number of benzene rings is 1. The van der Waals surface area contributed by atoms with Gasteiger partial charge in [-0.2, -0.15) is 0 Å². The molecule has 19 heavy (non-hydrogen) atoms. The van der Waals surface area contributed by atoms with E-state index < -0.39 is 0 Å². The van der Waals surface area contributed by atoms with Crippen molar-refractivity contribution in [1.82, 2.24) is 10.2 Å². The molecule has 2 aromatic rings. The van der Waals surface area contributed by atoms with Gasteiger partial charge in [-0.1, -0.05) is 11.6 Å². The lowest BCUT2D eigenvalue weighted by molar-refractivity contribution is 0.102. The molecule has 0 saturated carbocycles. The van der Waals surface area contributed by atoms with Gasteiger partial charge in [-0.05, 0) is 46.3 Å². The van der Waals surface area contributed by atoms with E-state index in [0.29, 0.717) is 21.6 Å². The van der Waals surface area contributed by atoms with Crippen molar-refractivity contribution < 1.29 is 9.53 Å². The molecular formula is C12H9BrClN3O2. The third-order valence-corrected chi connectivity index (χ3v) is 3.18. The van der Waals surface area contributed by atoms with Gasteiger partial charge < -0.3 is 10.1 Å². The molecule has 7 heteroatoms. The van der Waals surface area contributed by atoms with Crippen LogP contribution < -0.4 is 10.1 Å². The molecule has 0 radical (unpaired) electrons. The minimum absolute atomic E-state index is 0.264. The monoisotopic (exact) mass is 341 g/mol. The molecule has 5 nitrogen and oxygen atoms in total. The molecular weight excluding hydrogens is 334 g/mol. The number of aromatic nitrogens is 2. The molecule has 0 atom stereocenters. The number of halogens is 2. The Hall–Kier alpha value is -1.66. The normalized spacial score (nSPS) is 10.1. The number of hydrogen-bond donors (Lipinski definition) is 1. The number of anilines is 1. The summed E-state index contributed by atoms with van der Waals surface area (Å²) in [5.41, 5.74) is 0.441. The molecule has 1 amide bonds. The van der Waals surface area contributed by atoms with E-state index in [0.717, 1.165) is 0 Å². The molecule has 0 fully saturated rings. The molecule has 1 aromatic heterocycles. The Bertz CT molecular complexity index is 604. The van der Waals surface area contributed by atoms with E-state index in [-0.39, 0.29) is 11.1 Å². The summed E-state index contributed by atoms with van der Waals surface area (Å²) < 4.78 is 5.74. The first kappa shape index (κ1) is 13.8. The first-order valence-corrected chi connectivity index (χ1v) is 6.41. The third kappa shape index (κ3) is 3.42. The predicted molar refractivity (Wildman–Crippen MR) is 75.7 cm³/mol. The summed E-state index contributed by atoms with van der Waals surface area (Å²) in [5, 5.41) is 10.3. The predicted octanol–water partition coefficient (Wildman–Crippen LogP) is 3.15. The van der Waals surface area contributed by atoms with E-state index in [1.807, 2.05) is 0 Å². The van der Waals surface area contributed by atoms with Crippen molar-refractivity contribution in [3.63, 3.8) is 0 Å². The Balaban J connectivity index is 2.22. The van der Waals surface area contributed by atoms with Crippen LogP contribution in [0.2, 0.25) is 5.15 Å². The van der Waals surface area contributed by atoms with Gasteiger partial charge in [-0.3, -0.25) is 4.79 Å². The molecule has 98 valence electrons. The van der Waals surface area contributed by atoms with Crippen LogP contribution in [0.25, 0.3) is 0 Å². The highest BCUT2D eigenvalue weighted by Gasteiger charge is 2.12. The Morgan fingerprint density at radius 3 is 2.74 bits per heavy atom. The first-order valence-electron chi connectivity index (χ1n) is 5.24. The summed E-state index contributed by atoms with van der Waals surface area (Å²) >= 11 is 8.93. The molecule has 1 N–H and O–H groups in total. The Morgan fingerprint density at radius 2 is 2.11 bits per heavy atom. The van der Waals surface area contributed by atoms with Crippen LogP contribution >= 0.6 is 27.5 Å². The third-order valence-electron chi connectivity index (χ3n) is 2.29. The number of hydrogen-bond acceptors (Lipinski definition) is 4. The van der Waals surface area contributed by atoms with Gasteiger partial charge >= 0.3 is 0 Å². The van der Waals surface area contributed by atoms with Crippen molar-refractivity contribution in [2.45, 2.75) is 0 Å². The van der Waals surface area contributed by atoms with Gasteiger partial charge in [0.05, 0.1) is 12.7 Å². The first-order chi connectivity index (χ1) is 9.10. The number of carbonyl (C=O) groups excluding carboxylic acids is 1. The lowest BCUT2D eigenvalue weighted by atomic mass is 10.2. The average molecular weight is 343 g/mol. The highest BCUT2D eigenvalue weighted by Crippen LogP contribution is 2.23. The molecule has 0 spiro atoms. The minimum atomic E-state index is -0.317. The van der Waals surface area contributed by atoms with Crippen molar-refractivity contribution in [3.8, 4) is 5.75 Å². The zero-order valence-electron chi connectivity index (χ0n) is 9.85. The Kier molecular flexibility index (Phi) is 4.34. The fraction of sp³-hybridized carbons (Fsp3) is 0.0833. The summed E-state index contributed by atoms with van der Waals surface area (Å²) in [6, 6.07) is 8.24. The Labute approximate surface area is 123 Å². The lowest BCUT2D eigenvalue weighted by Crippen LogP contribution is -2.14. The number of nitrogens with one attached hydrogen (secondary N) is 1. The number of amides is 1. The molecule has 0 aliphatic carbocycles. The van der Waals surface area contributed by atoms with Crippen molar-refractivity contribution in [2.75, 3.05) is 12.4 Å². The van der Waals surface area contributed by atoms with Crippen LogP contribution in [0.15, 0.2) is 34.8 Å². The van der Waals surface area contributed by atoms with E-state index in [9.17, 15) is 4.79 Å². The molecule has 0 bridgehead atoms. The van der Waals surface area contributed by atoms with Crippen molar-refractivity contribution in [3.05, 3.63) is 45.5 Å². The molecule has 1 aromatic carbocycles. The largest absolute Gasteiger partial charge is 0.497 e. The number of methoxy groups -OCH3 is 1. The second kappa shape index (κ2) is 5.99.